The Labute approximate surface area is 129 Å². The van der Waals surface area contributed by atoms with Gasteiger partial charge in [0.1, 0.15) is 0 Å². The van der Waals surface area contributed by atoms with Crippen LogP contribution in [0, 0.1) is 25.2 Å². The van der Waals surface area contributed by atoms with Crippen molar-refractivity contribution in [3.05, 3.63) is 28.8 Å². The third-order valence-corrected chi connectivity index (χ3v) is 2.05. The number of nitrogens with zero attached hydrogens (tertiary/aromatic N) is 1. The summed E-state index contributed by atoms with van der Waals surface area (Å²) in [5.41, 5.74) is -0.0732. The third kappa shape index (κ3) is 3.61. The van der Waals surface area contributed by atoms with Gasteiger partial charge in [-0.1, -0.05) is 11.1 Å². The van der Waals surface area contributed by atoms with Gasteiger partial charge in [-0.05, 0) is 26.0 Å². The van der Waals surface area contributed by atoms with Crippen LogP contribution >= 0.6 is 0 Å². The average molecular weight is 237 g/mol. The predicted molar refractivity (Wildman–Crippen MR) is 49.3 cm³/mol. The molecule has 6 heteroatoms. The van der Waals surface area contributed by atoms with E-state index in [-0.39, 0.29) is 68.1 Å². The molecule has 0 heterocycles. The van der Waals surface area contributed by atoms with Crippen molar-refractivity contribution in [1.82, 2.24) is 0 Å². The van der Waals surface area contributed by atoms with Gasteiger partial charge in [0.2, 0.25) is 0 Å². The summed E-state index contributed by atoms with van der Waals surface area (Å²) in [6, 6.07) is 4.35. The molecule has 1 nitrogen and oxygen atoms in total. The molecule has 15 heavy (non-hydrogen) atoms. The molecule has 0 fully saturated rings. The molecule has 0 radical (unpaired) electrons. The van der Waals surface area contributed by atoms with Crippen LogP contribution in [0.4, 0.5) is 12.9 Å². The molecule has 0 aromatic heterocycles. The molecule has 0 bridgehead atoms. The van der Waals surface area contributed by atoms with E-state index in [1.807, 2.05) is 6.07 Å². The average Bonchev–Trinajstić information content (AvgIpc) is 1.99. The summed E-state index contributed by atoms with van der Waals surface area (Å²) < 4.78 is 37.6. The van der Waals surface area contributed by atoms with E-state index in [2.05, 4.69) is 0 Å². The Morgan fingerprint density at radius 3 is 1.80 bits per heavy atom. The van der Waals surface area contributed by atoms with Gasteiger partial charge in [-0.15, -0.1) is 5.46 Å². The zero-order chi connectivity index (χ0) is 10.9. The molecule has 0 spiro atoms. The maximum absolute atomic E-state index is 12.5. The fourth-order valence-corrected chi connectivity index (χ4v) is 1.56. The van der Waals surface area contributed by atoms with Crippen LogP contribution < -0.4 is 56.8 Å². The standard InChI is InChI=1S/C9H8BF3N.K/c1-6-3-8(5-14)4-7(2)9(6)10(11,12)13;/h3-4H,1-2H3;/q-1;+1. The predicted octanol–water partition coefficient (Wildman–Crippen LogP) is -0.766. The fourth-order valence-electron chi connectivity index (χ4n) is 1.56. The first kappa shape index (κ1) is 15.2. The summed E-state index contributed by atoms with van der Waals surface area (Å²) in [6.45, 7) is -2.24. The van der Waals surface area contributed by atoms with E-state index in [1.165, 1.54) is 26.0 Å². The van der Waals surface area contributed by atoms with Crippen LogP contribution in [0.2, 0.25) is 0 Å². The molecule has 0 aliphatic carbocycles. The summed E-state index contributed by atoms with van der Waals surface area (Å²) in [5.74, 6) is 0. The Kier molecular flexibility index (Phi) is 5.58. The minimum atomic E-state index is -4.99. The molecule has 0 saturated heterocycles. The van der Waals surface area contributed by atoms with Crippen LogP contribution in [0.1, 0.15) is 16.7 Å². The van der Waals surface area contributed by atoms with E-state index in [4.69, 9.17) is 5.26 Å². The van der Waals surface area contributed by atoms with Crippen LogP contribution in [0.25, 0.3) is 0 Å². The molecule has 0 saturated carbocycles. The number of rotatable bonds is 1. The molecule has 0 unspecified atom stereocenters. The zero-order valence-electron chi connectivity index (χ0n) is 8.81. The van der Waals surface area contributed by atoms with Gasteiger partial charge in [-0.3, -0.25) is 0 Å². The molecular weight excluding hydrogens is 229 g/mol. The quantitative estimate of drug-likeness (QED) is 0.588. The van der Waals surface area contributed by atoms with Crippen molar-refractivity contribution in [3.8, 4) is 6.07 Å². The molecule has 1 aromatic rings. The number of hydrogen-bond acceptors (Lipinski definition) is 1. The number of halogens is 3. The second kappa shape index (κ2) is 5.51. The fraction of sp³-hybridized carbons (Fsp3) is 0.222. The SMILES string of the molecule is Cc1cc(C#N)cc(C)c1[B-](F)(F)F.[K+]. The largest absolute Gasteiger partial charge is 1.00 e. The Balaban J connectivity index is 0.00000196. The molecule has 0 aliphatic rings. The first-order valence-electron chi connectivity index (χ1n) is 4.07. The maximum Gasteiger partial charge on any atom is 1.00 e. The van der Waals surface area contributed by atoms with E-state index in [0.29, 0.717) is 0 Å². The first-order chi connectivity index (χ1) is 6.36. The van der Waals surface area contributed by atoms with Gasteiger partial charge >= 0.3 is 58.4 Å². The Bertz CT molecular complexity index is 386. The Morgan fingerprint density at radius 1 is 1.13 bits per heavy atom. The topological polar surface area (TPSA) is 23.8 Å². The van der Waals surface area contributed by atoms with Crippen LogP contribution in [0.3, 0.4) is 0 Å². The van der Waals surface area contributed by atoms with Crippen molar-refractivity contribution < 1.29 is 64.3 Å². The minimum Gasteiger partial charge on any atom is -0.445 e. The smallest absolute Gasteiger partial charge is 0.445 e. The van der Waals surface area contributed by atoms with Crippen LogP contribution in [-0.4, -0.2) is 6.98 Å². The second-order valence-electron chi connectivity index (χ2n) is 3.21. The molecule has 1 aromatic carbocycles. The Hall–Kier alpha value is 0.201. The molecule has 1 rings (SSSR count). The molecule has 74 valence electrons. The molecule has 0 aliphatic heterocycles. The Morgan fingerprint density at radius 2 is 1.53 bits per heavy atom. The summed E-state index contributed by atoms with van der Waals surface area (Å²) in [4.78, 5) is 0. The first-order valence-corrected chi connectivity index (χ1v) is 4.07. The van der Waals surface area contributed by atoms with Crippen molar-refractivity contribution in [2.45, 2.75) is 13.8 Å². The normalized spacial score (nSPS) is 10.4. The van der Waals surface area contributed by atoms with Gasteiger partial charge in [-0.2, -0.15) is 5.26 Å². The van der Waals surface area contributed by atoms with Gasteiger partial charge in [0, 0.05) is 0 Å². The minimum absolute atomic E-state index is 0. The second-order valence-corrected chi connectivity index (χ2v) is 3.21. The third-order valence-electron chi connectivity index (χ3n) is 2.05. The van der Waals surface area contributed by atoms with Crippen LogP contribution in [0.15, 0.2) is 12.1 Å². The van der Waals surface area contributed by atoms with Gasteiger partial charge < -0.3 is 12.9 Å². The number of nitriles is 1. The van der Waals surface area contributed by atoms with E-state index in [9.17, 15) is 12.9 Å². The number of aryl methyl sites for hydroxylation is 2. The monoisotopic (exact) mass is 237 g/mol. The van der Waals surface area contributed by atoms with E-state index in [0.717, 1.165) is 0 Å². The van der Waals surface area contributed by atoms with Crippen molar-refractivity contribution in [3.63, 3.8) is 0 Å². The van der Waals surface area contributed by atoms with Gasteiger partial charge in [-0.25, -0.2) is 0 Å². The van der Waals surface area contributed by atoms with E-state index >= 15 is 0 Å². The van der Waals surface area contributed by atoms with Crippen LogP contribution in [0.5, 0.6) is 0 Å². The van der Waals surface area contributed by atoms with Gasteiger partial charge in [0.15, 0.2) is 0 Å². The van der Waals surface area contributed by atoms with Crippen molar-refractivity contribution in [1.29, 1.82) is 5.26 Å². The van der Waals surface area contributed by atoms with E-state index in [1.54, 1.807) is 0 Å². The molecular formula is C9H8BF3KN. The zero-order valence-corrected chi connectivity index (χ0v) is 11.9. The number of hydrogen-bond donors (Lipinski definition) is 0. The molecule has 0 atom stereocenters. The molecule has 0 amide bonds. The maximum atomic E-state index is 12.5. The van der Waals surface area contributed by atoms with Gasteiger partial charge in [0.05, 0.1) is 11.6 Å². The van der Waals surface area contributed by atoms with Crippen molar-refractivity contribution >= 4 is 12.4 Å². The van der Waals surface area contributed by atoms with Crippen molar-refractivity contribution in [2.75, 3.05) is 0 Å². The summed E-state index contributed by atoms with van der Waals surface area (Å²) >= 11 is 0. The van der Waals surface area contributed by atoms with Crippen molar-refractivity contribution in [2.24, 2.45) is 0 Å². The number of benzene rings is 1. The van der Waals surface area contributed by atoms with Gasteiger partial charge in [0.25, 0.3) is 0 Å². The summed E-state index contributed by atoms with van der Waals surface area (Å²) in [7, 11) is 0. The summed E-state index contributed by atoms with van der Waals surface area (Å²) in [5, 5.41) is 8.55. The molecule has 0 N–H and O–H groups in total. The van der Waals surface area contributed by atoms with E-state index < -0.39 is 12.4 Å². The summed E-state index contributed by atoms with van der Waals surface area (Å²) in [6.07, 6.45) is 0. The van der Waals surface area contributed by atoms with Crippen LogP contribution in [-0.2, 0) is 0 Å².